The first kappa shape index (κ1) is 15.7. The third-order valence-electron chi connectivity index (χ3n) is 1.66. The Morgan fingerprint density at radius 2 is 0.769 bits per heavy atom. The van der Waals surface area contributed by atoms with Gasteiger partial charge in [0.1, 0.15) is 0 Å². The van der Waals surface area contributed by atoms with E-state index in [4.69, 9.17) is 0 Å². The van der Waals surface area contributed by atoms with Crippen LogP contribution in [0.5, 0.6) is 0 Å². The molecule has 0 N–H and O–H groups in total. The smallest absolute Gasteiger partial charge is 1.00 e. The fraction of sp³-hybridized carbons (Fsp3) is 0. The summed E-state index contributed by atoms with van der Waals surface area (Å²) in [5.41, 5.74) is 0. The largest absolute Gasteiger partial charge is 2.00 e. The zero-order valence-electron chi connectivity index (χ0n) is 6.73. The van der Waals surface area contributed by atoms with Crippen LogP contribution in [0.25, 0.3) is 10.8 Å². The Bertz CT molecular complexity index is 284. The van der Waals surface area contributed by atoms with E-state index in [1.807, 2.05) is 0 Å². The SMILES string of the molecule is [Br-].[Br-].[Ru+2].c1ccc2ccccc2c1. The minimum atomic E-state index is 0. The molecule has 0 heterocycles. The van der Waals surface area contributed by atoms with Gasteiger partial charge < -0.3 is 34.0 Å². The molecule has 0 aliphatic rings. The van der Waals surface area contributed by atoms with E-state index in [0.29, 0.717) is 0 Å². The molecule has 0 spiro atoms. The van der Waals surface area contributed by atoms with Gasteiger partial charge in [-0.2, -0.15) is 0 Å². The van der Waals surface area contributed by atoms with Gasteiger partial charge in [-0.15, -0.1) is 0 Å². The quantitative estimate of drug-likeness (QED) is 0.418. The first-order valence-electron chi connectivity index (χ1n) is 3.40. The molecule has 0 bridgehead atoms. The number of halogens is 2. The van der Waals surface area contributed by atoms with E-state index in [1.165, 1.54) is 10.8 Å². The van der Waals surface area contributed by atoms with Gasteiger partial charge in [0.05, 0.1) is 0 Å². The Hall–Kier alpha value is 0.283. The van der Waals surface area contributed by atoms with Crippen molar-refractivity contribution in [1.82, 2.24) is 0 Å². The van der Waals surface area contributed by atoms with E-state index in [2.05, 4.69) is 48.5 Å². The average molecular weight is 389 g/mol. The second-order valence-corrected chi connectivity index (χ2v) is 2.35. The maximum Gasteiger partial charge on any atom is 2.00 e. The van der Waals surface area contributed by atoms with E-state index in [0.717, 1.165) is 0 Å². The molecular formula is C10H8Br2Ru. The molecule has 0 saturated heterocycles. The van der Waals surface area contributed by atoms with Crippen LogP contribution in [0.15, 0.2) is 48.5 Å². The molecule has 0 saturated carbocycles. The molecule has 0 fully saturated rings. The topological polar surface area (TPSA) is 0 Å². The minimum Gasteiger partial charge on any atom is -1.00 e. The van der Waals surface area contributed by atoms with Gasteiger partial charge in [0.2, 0.25) is 0 Å². The molecule has 0 aliphatic heterocycles. The number of rotatable bonds is 0. The monoisotopic (exact) mass is 388 g/mol. The van der Waals surface area contributed by atoms with Crippen molar-refractivity contribution in [1.29, 1.82) is 0 Å². The van der Waals surface area contributed by atoms with Crippen molar-refractivity contribution in [2.45, 2.75) is 0 Å². The second-order valence-electron chi connectivity index (χ2n) is 2.35. The van der Waals surface area contributed by atoms with Gasteiger partial charge in [0.25, 0.3) is 0 Å². The van der Waals surface area contributed by atoms with Gasteiger partial charge in [-0.1, -0.05) is 48.5 Å². The van der Waals surface area contributed by atoms with Gasteiger partial charge in [0.15, 0.2) is 0 Å². The van der Waals surface area contributed by atoms with Gasteiger partial charge >= 0.3 is 19.5 Å². The summed E-state index contributed by atoms with van der Waals surface area (Å²) in [6.07, 6.45) is 0. The van der Waals surface area contributed by atoms with Crippen molar-refractivity contribution in [2.75, 3.05) is 0 Å². The van der Waals surface area contributed by atoms with Crippen molar-refractivity contribution in [3.8, 4) is 0 Å². The molecule has 2 rings (SSSR count). The van der Waals surface area contributed by atoms with Crippen molar-refractivity contribution in [3.05, 3.63) is 48.5 Å². The zero-order valence-corrected chi connectivity index (χ0v) is 11.6. The van der Waals surface area contributed by atoms with Crippen LogP contribution in [0.2, 0.25) is 0 Å². The third kappa shape index (κ3) is 3.89. The molecule has 0 radical (unpaired) electrons. The molecule has 13 heavy (non-hydrogen) atoms. The van der Waals surface area contributed by atoms with E-state index < -0.39 is 0 Å². The Kier molecular flexibility index (Phi) is 9.28. The minimum absolute atomic E-state index is 0. The molecule has 70 valence electrons. The summed E-state index contributed by atoms with van der Waals surface area (Å²) in [6, 6.07) is 16.7. The molecule has 2 aromatic rings. The molecule has 0 atom stereocenters. The average Bonchev–Trinajstić information content (AvgIpc) is 2.05. The molecule has 0 aliphatic carbocycles. The maximum atomic E-state index is 2.12. The summed E-state index contributed by atoms with van der Waals surface area (Å²) in [5.74, 6) is 0. The van der Waals surface area contributed by atoms with Crippen molar-refractivity contribution in [3.63, 3.8) is 0 Å². The molecular weight excluding hydrogens is 381 g/mol. The summed E-state index contributed by atoms with van der Waals surface area (Å²) in [6.45, 7) is 0. The first-order valence-corrected chi connectivity index (χ1v) is 3.40. The molecule has 0 nitrogen and oxygen atoms in total. The van der Waals surface area contributed by atoms with Crippen LogP contribution in [0.1, 0.15) is 0 Å². The van der Waals surface area contributed by atoms with Crippen LogP contribution < -0.4 is 34.0 Å². The number of hydrogen-bond donors (Lipinski definition) is 0. The first-order chi connectivity index (χ1) is 4.97. The second kappa shape index (κ2) is 7.67. The normalized spacial score (nSPS) is 7.69. The summed E-state index contributed by atoms with van der Waals surface area (Å²) >= 11 is 0. The van der Waals surface area contributed by atoms with Crippen molar-refractivity contribution >= 4 is 10.8 Å². The Labute approximate surface area is 112 Å². The standard InChI is InChI=1S/C10H8.2BrH.Ru/c1-2-6-10-8-4-3-7-9(10)5-1;;;/h1-8H;2*1H;/q;;;+2/p-2. The Morgan fingerprint density at radius 1 is 0.538 bits per heavy atom. The van der Waals surface area contributed by atoms with Crippen molar-refractivity contribution in [2.24, 2.45) is 0 Å². The summed E-state index contributed by atoms with van der Waals surface area (Å²) in [7, 11) is 0. The van der Waals surface area contributed by atoms with Crippen LogP contribution in [-0.4, -0.2) is 0 Å². The van der Waals surface area contributed by atoms with Crippen LogP contribution in [0, 0.1) is 0 Å². The summed E-state index contributed by atoms with van der Waals surface area (Å²) < 4.78 is 0. The van der Waals surface area contributed by atoms with Gasteiger partial charge in [-0.3, -0.25) is 0 Å². The summed E-state index contributed by atoms with van der Waals surface area (Å²) in [4.78, 5) is 0. The van der Waals surface area contributed by atoms with Crippen molar-refractivity contribution < 1.29 is 53.4 Å². The fourth-order valence-corrected chi connectivity index (χ4v) is 1.13. The van der Waals surface area contributed by atoms with E-state index in [9.17, 15) is 0 Å². The molecule has 3 heteroatoms. The van der Waals surface area contributed by atoms with E-state index in [-0.39, 0.29) is 53.4 Å². The van der Waals surface area contributed by atoms with E-state index in [1.54, 1.807) is 0 Å². The number of hydrogen-bond acceptors (Lipinski definition) is 0. The van der Waals surface area contributed by atoms with E-state index >= 15 is 0 Å². The van der Waals surface area contributed by atoms with Crippen LogP contribution in [0.3, 0.4) is 0 Å². The number of fused-ring (bicyclic) bond motifs is 1. The zero-order chi connectivity index (χ0) is 6.81. The number of benzene rings is 2. The maximum absolute atomic E-state index is 2.12. The predicted molar refractivity (Wildman–Crippen MR) is 43.9 cm³/mol. The Morgan fingerprint density at radius 3 is 1.00 bits per heavy atom. The fourth-order valence-electron chi connectivity index (χ4n) is 1.13. The molecule has 0 amide bonds. The third-order valence-corrected chi connectivity index (χ3v) is 1.66. The van der Waals surface area contributed by atoms with Gasteiger partial charge in [0, 0.05) is 0 Å². The summed E-state index contributed by atoms with van der Waals surface area (Å²) in [5, 5.41) is 2.62. The van der Waals surface area contributed by atoms with Crippen LogP contribution >= 0.6 is 0 Å². The van der Waals surface area contributed by atoms with Gasteiger partial charge in [-0.25, -0.2) is 0 Å². The Balaban J connectivity index is 0. The van der Waals surface area contributed by atoms with Crippen LogP contribution in [0.4, 0.5) is 0 Å². The molecule has 0 aromatic heterocycles. The molecule has 0 unspecified atom stereocenters. The molecule has 2 aromatic carbocycles. The predicted octanol–water partition coefficient (Wildman–Crippen LogP) is -3.15. The van der Waals surface area contributed by atoms with Gasteiger partial charge in [-0.05, 0) is 10.8 Å². The van der Waals surface area contributed by atoms with Crippen LogP contribution in [-0.2, 0) is 19.5 Å².